The highest BCUT2D eigenvalue weighted by Gasteiger charge is 2.19. The number of benzene rings is 1. The molecule has 0 aliphatic heterocycles. The van der Waals surface area contributed by atoms with E-state index in [1.807, 2.05) is 0 Å². The third-order valence-electron chi connectivity index (χ3n) is 3.84. The van der Waals surface area contributed by atoms with E-state index in [1.54, 1.807) is 0 Å². The number of aromatic nitrogens is 1. The number of pyridine rings is 1. The van der Waals surface area contributed by atoms with Gasteiger partial charge in [0.05, 0.1) is 5.52 Å². The lowest BCUT2D eigenvalue weighted by Gasteiger charge is -2.22. The Kier molecular flexibility index (Phi) is 4.32. The van der Waals surface area contributed by atoms with E-state index in [-0.39, 0.29) is 0 Å². The van der Waals surface area contributed by atoms with Gasteiger partial charge in [-0.25, -0.2) is 0 Å². The third kappa shape index (κ3) is 2.60. The normalized spacial score (nSPS) is 14.3. The van der Waals surface area contributed by atoms with Gasteiger partial charge in [-0.05, 0) is 65.7 Å². The van der Waals surface area contributed by atoms with Gasteiger partial charge in [0.15, 0.2) is 0 Å². The summed E-state index contributed by atoms with van der Waals surface area (Å²) < 4.78 is 2.16. The fourth-order valence-electron chi connectivity index (χ4n) is 2.90. The monoisotopic (exact) mass is 396 g/mol. The Labute approximate surface area is 136 Å². The van der Waals surface area contributed by atoms with Crippen LogP contribution in [0.2, 0.25) is 0 Å². The smallest absolute Gasteiger partial charge is 0.0869 e. The summed E-state index contributed by atoms with van der Waals surface area (Å²) in [5.74, 6) is 0. The Balaban J connectivity index is 2.27. The van der Waals surface area contributed by atoms with Gasteiger partial charge >= 0.3 is 0 Å². The van der Waals surface area contributed by atoms with Crippen molar-refractivity contribution < 1.29 is 0 Å². The Morgan fingerprint density at radius 1 is 1.20 bits per heavy atom. The minimum Gasteiger partial charge on any atom is -0.384 e. The van der Waals surface area contributed by atoms with Crippen molar-refractivity contribution in [2.75, 3.05) is 11.9 Å². The van der Waals surface area contributed by atoms with Crippen LogP contribution in [-0.4, -0.2) is 11.5 Å². The molecule has 0 bridgehead atoms. The number of nitrogens with one attached hydrogen (secondary N) is 1. The van der Waals surface area contributed by atoms with Gasteiger partial charge in [-0.2, -0.15) is 0 Å². The van der Waals surface area contributed by atoms with E-state index in [2.05, 4.69) is 56.2 Å². The van der Waals surface area contributed by atoms with Gasteiger partial charge in [0, 0.05) is 32.3 Å². The molecule has 1 heterocycles. The molecule has 1 aromatic carbocycles. The number of hydrogen-bond donors (Lipinski definition) is 1. The summed E-state index contributed by atoms with van der Waals surface area (Å²) in [6.07, 6.45) is 5.92. The van der Waals surface area contributed by atoms with Gasteiger partial charge in [-0.3, -0.25) is 4.98 Å². The van der Waals surface area contributed by atoms with Crippen molar-refractivity contribution in [3.05, 3.63) is 32.3 Å². The van der Waals surface area contributed by atoms with E-state index in [4.69, 9.17) is 4.98 Å². The summed E-state index contributed by atoms with van der Waals surface area (Å²) in [7, 11) is 0. The molecular weight excluding hydrogens is 380 g/mol. The van der Waals surface area contributed by atoms with E-state index in [9.17, 15) is 0 Å². The van der Waals surface area contributed by atoms with Gasteiger partial charge in [-0.1, -0.05) is 22.9 Å². The maximum Gasteiger partial charge on any atom is 0.0869 e. The first kappa shape index (κ1) is 14.3. The first-order valence-corrected chi connectivity index (χ1v) is 8.83. The van der Waals surface area contributed by atoms with Gasteiger partial charge in [0.25, 0.3) is 0 Å². The Morgan fingerprint density at radius 3 is 2.80 bits per heavy atom. The second-order valence-electron chi connectivity index (χ2n) is 5.33. The molecule has 2 aromatic rings. The first-order chi connectivity index (χ1) is 9.70. The number of halogens is 2. The van der Waals surface area contributed by atoms with Crippen molar-refractivity contribution in [2.45, 2.75) is 39.0 Å². The minimum atomic E-state index is 1.01. The van der Waals surface area contributed by atoms with E-state index >= 15 is 0 Å². The van der Waals surface area contributed by atoms with Crippen LogP contribution in [0.25, 0.3) is 10.9 Å². The molecule has 1 N–H and O–H groups in total. The summed E-state index contributed by atoms with van der Waals surface area (Å²) in [4.78, 5) is 4.92. The molecular formula is C16H18Br2N2. The lowest BCUT2D eigenvalue weighted by molar-refractivity contribution is 0.672. The van der Waals surface area contributed by atoms with E-state index in [0.29, 0.717) is 0 Å². The zero-order valence-corrected chi connectivity index (χ0v) is 14.8. The van der Waals surface area contributed by atoms with Crippen molar-refractivity contribution in [1.29, 1.82) is 0 Å². The van der Waals surface area contributed by atoms with Crippen LogP contribution in [0.5, 0.6) is 0 Å². The van der Waals surface area contributed by atoms with Crippen LogP contribution in [0.4, 0.5) is 5.69 Å². The molecule has 0 saturated carbocycles. The summed E-state index contributed by atoms with van der Waals surface area (Å²) in [5.41, 5.74) is 5.09. The molecule has 2 nitrogen and oxygen atoms in total. The summed E-state index contributed by atoms with van der Waals surface area (Å²) in [6.45, 7) is 3.21. The molecule has 20 heavy (non-hydrogen) atoms. The van der Waals surface area contributed by atoms with Crippen LogP contribution < -0.4 is 5.32 Å². The predicted molar refractivity (Wildman–Crippen MR) is 92.6 cm³/mol. The molecule has 0 spiro atoms. The second-order valence-corrected chi connectivity index (χ2v) is 7.10. The Bertz CT molecular complexity index is 653. The topological polar surface area (TPSA) is 24.9 Å². The third-order valence-corrected chi connectivity index (χ3v) is 4.90. The molecule has 4 heteroatoms. The van der Waals surface area contributed by atoms with E-state index in [1.165, 1.54) is 35.2 Å². The van der Waals surface area contributed by atoms with Crippen molar-refractivity contribution in [3.63, 3.8) is 0 Å². The average Bonchev–Trinajstić information content (AvgIpc) is 2.44. The quantitative estimate of drug-likeness (QED) is 0.743. The molecule has 0 unspecified atom stereocenters. The largest absolute Gasteiger partial charge is 0.384 e. The lowest BCUT2D eigenvalue weighted by Crippen LogP contribution is -2.12. The Morgan fingerprint density at radius 2 is 2.00 bits per heavy atom. The van der Waals surface area contributed by atoms with Crippen molar-refractivity contribution in [2.24, 2.45) is 0 Å². The zero-order valence-electron chi connectivity index (χ0n) is 11.6. The van der Waals surface area contributed by atoms with Crippen LogP contribution >= 0.6 is 31.9 Å². The molecule has 0 amide bonds. The fraction of sp³-hybridized carbons (Fsp3) is 0.438. The minimum absolute atomic E-state index is 1.01. The van der Waals surface area contributed by atoms with Crippen LogP contribution in [0.3, 0.4) is 0 Å². The number of fused-ring (bicyclic) bond motifs is 2. The van der Waals surface area contributed by atoms with E-state index in [0.717, 1.165) is 40.3 Å². The zero-order chi connectivity index (χ0) is 14.1. The fourth-order valence-corrected chi connectivity index (χ4v) is 4.22. The van der Waals surface area contributed by atoms with Gasteiger partial charge < -0.3 is 5.32 Å². The van der Waals surface area contributed by atoms with Crippen LogP contribution in [0.15, 0.2) is 21.1 Å². The standard InChI is InChI=1S/C16H18Br2N2/c1-2-7-19-15-11-5-3-4-6-14(11)20-16-12(15)8-10(17)9-13(16)18/h8-9H,2-7H2,1H3,(H,19,20). The molecule has 1 aromatic heterocycles. The molecule has 0 fully saturated rings. The summed E-state index contributed by atoms with van der Waals surface area (Å²) in [5, 5.41) is 4.86. The maximum absolute atomic E-state index is 4.92. The lowest BCUT2D eigenvalue weighted by atomic mass is 9.92. The average molecular weight is 398 g/mol. The van der Waals surface area contributed by atoms with Crippen molar-refractivity contribution >= 4 is 48.5 Å². The number of hydrogen-bond acceptors (Lipinski definition) is 2. The predicted octanol–water partition coefficient (Wildman–Crippen LogP) is 5.46. The van der Waals surface area contributed by atoms with Gasteiger partial charge in [0.1, 0.15) is 0 Å². The van der Waals surface area contributed by atoms with E-state index < -0.39 is 0 Å². The SMILES string of the molecule is CCCNc1c2c(nc3c(Br)cc(Br)cc13)CCCC2. The molecule has 0 atom stereocenters. The van der Waals surface area contributed by atoms with Crippen LogP contribution in [0.1, 0.15) is 37.4 Å². The van der Waals surface area contributed by atoms with Crippen molar-refractivity contribution in [1.82, 2.24) is 4.98 Å². The molecule has 0 radical (unpaired) electrons. The maximum atomic E-state index is 4.92. The number of anilines is 1. The van der Waals surface area contributed by atoms with Crippen LogP contribution in [-0.2, 0) is 12.8 Å². The highest BCUT2D eigenvalue weighted by molar-refractivity contribution is 9.11. The molecule has 1 aliphatic rings. The first-order valence-electron chi connectivity index (χ1n) is 7.25. The highest BCUT2D eigenvalue weighted by Crippen LogP contribution is 2.37. The van der Waals surface area contributed by atoms with Gasteiger partial charge in [0.2, 0.25) is 0 Å². The molecule has 106 valence electrons. The van der Waals surface area contributed by atoms with Crippen molar-refractivity contribution in [3.8, 4) is 0 Å². The number of rotatable bonds is 3. The number of aryl methyl sites for hydroxylation is 1. The number of nitrogens with zero attached hydrogens (tertiary/aromatic N) is 1. The second kappa shape index (κ2) is 6.02. The summed E-state index contributed by atoms with van der Waals surface area (Å²) >= 11 is 7.25. The molecule has 3 rings (SSSR count). The Hall–Kier alpha value is -0.610. The highest BCUT2D eigenvalue weighted by atomic mass is 79.9. The molecule has 0 saturated heterocycles. The molecule has 1 aliphatic carbocycles. The summed E-state index contributed by atoms with van der Waals surface area (Å²) in [6, 6.07) is 4.26. The van der Waals surface area contributed by atoms with Gasteiger partial charge in [-0.15, -0.1) is 0 Å². The van der Waals surface area contributed by atoms with Crippen LogP contribution in [0, 0.1) is 0 Å².